The van der Waals surface area contributed by atoms with Crippen LogP contribution in [0.2, 0.25) is 0 Å². The summed E-state index contributed by atoms with van der Waals surface area (Å²) in [6, 6.07) is 10.9. The van der Waals surface area contributed by atoms with E-state index in [-0.39, 0.29) is 5.41 Å². The van der Waals surface area contributed by atoms with Crippen LogP contribution in [-0.2, 0) is 25.3 Å². The van der Waals surface area contributed by atoms with E-state index in [0.717, 1.165) is 38.5 Å². The summed E-state index contributed by atoms with van der Waals surface area (Å²) in [4.78, 5) is 0. The normalized spacial score (nSPS) is 31.9. The molecule has 0 radical (unpaired) electrons. The first kappa shape index (κ1) is 16.8. The molecule has 2 aromatic rings. The van der Waals surface area contributed by atoms with Crippen LogP contribution in [0, 0.1) is 5.92 Å². The molecule has 0 saturated heterocycles. The molecular formula is C22H30N2O. The maximum Gasteiger partial charge on any atom is 0.0648 e. The van der Waals surface area contributed by atoms with Gasteiger partial charge in [-0.2, -0.15) is 5.10 Å². The topological polar surface area (TPSA) is 38.1 Å². The number of aromatic nitrogens is 2. The van der Waals surface area contributed by atoms with Crippen molar-refractivity contribution in [2.75, 3.05) is 0 Å². The maximum absolute atomic E-state index is 11.0. The number of fused-ring (bicyclic) bond motifs is 3. The third kappa shape index (κ3) is 2.83. The van der Waals surface area contributed by atoms with E-state index in [9.17, 15) is 5.11 Å². The van der Waals surface area contributed by atoms with Gasteiger partial charge < -0.3 is 5.11 Å². The highest BCUT2D eigenvalue weighted by Gasteiger charge is 2.51. The standard InChI is InChI=1S/C22H30N2O/c1-3-21(25)12-13-22(14-17-8-5-4-6-9-17)19(15-21)11-7-10-18-16-23-24(2)20(18)22/h4-6,8-9,16,19,25H,3,7,10-15H2,1-2H3/t19-,21+,22-/m0/s1. The minimum absolute atomic E-state index is 0.111. The predicted molar refractivity (Wildman–Crippen MR) is 101 cm³/mol. The number of aliphatic hydroxyl groups is 1. The van der Waals surface area contributed by atoms with Gasteiger partial charge in [0.15, 0.2) is 0 Å². The van der Waals surface area contributed by atoms with Gasteiger partial charge in [0.1, 0.15) is 0 Å². The van der Waals surface area contributed by atoms with Crippen molar-refractivity contribution in [2.45, 2.75) is 69.3 Å². The van der Waals surface area contributed by atoms with Gasteiger partial charge in [0.25, 0.3) is 0 Å². The molecule has 0 aliphatic heterocycles. The highest BCUT2D eigenvalue weighted by Crippen LogP contribution is 2.53. The summed E-state index contributed by atoms with van der Waals surface area (Å²) in [5.74, 6) is 0.531. The molecule has 1 saturated carbocycles. The van der Waals surface area contributed by atoms with E-state index in [1.165, 1.54) is 29.7 Å². The molecule has 0 amide bonds. The van der Waals surface area contributed by atoms with E-state index in [1.54, 1.807) is 0 Å². The molecule has 0 unspecified atom stereocenters. The molecule has 3 atom stereocenters. The van der Waals surface area contributed by atoms with Crippen LogP contribution in [0.15, 0.2) is 36.5 Å². The van der Waals surface area contributed by atoms with Crippen molar-refractivity contribution in [3.8, 4) is 0 Å². The van der Waals surface area contributed by atoms with Crippen molar-refractivity contribution in [1.82, 2.24) is 9.78 Å². The fourth-order valence-corrected chi connectivity index (χ4v) is 5.55. The van der Waals surface area contributed by atoms with Gasteiger partial charge in [-0.05, 0) is 68.4 Å². The lowest BCUT2D eigenvalue weighted by Crippen LogP contribution is -2.49. The fraction of sp³-hybridized carbons (Fsp3) is 0.591. The van der Waals surface area contributed by atoms with Crippen molar-refractivity contribution in [2.24, 2.45) is 13.0 Å². The van der Waals surface area contributed by atoms with Crippen LogP contribution in [0.25, 0.3) is 0 Å². The second kappa shape index (κ2) is 6.28. The van der Waals surface area contributed by atoms with Crippen LogP contribution >= 0.6 is 0 Å². The Morgan fingerprint density at radius 2 is 2.04 bits per heavy atom. The molecule has 3 nitrogen and oxygen atoms in total. The fourth-order valence-electron chi connectivity index (χ4n) is 5.55. The smallest absolute Gasteiger partial charge is 0.0648 e. The molecule has 3 heteroatoms. The zero-order valence-electron chi connectivity index (χ0n) is 15.5. The first-order chi connectivity index (χ1) is 12.1. The Bertz CT molecular complexity index is 738. The zero-order valence-corrected chi connectivity index (χ0v) is 15.5. The number of benzene rings is 1. The summed E-state index contributed by atoms with van der Waals surface area (Å²) in [5, 5.41) is 15.7. The molecule has 0 spiro atoms. The Labute approximate surface area is 151 Å². The molecule has 1 heterocycles. The summed E-state index contributed by atoms with van der Waals surface area (Å²) in [7, 11) is 2.11. The maximum atomic E-state index is 11.0. The molecule has 1 fully saturated rings. The molecule has 1 aromatic heterocycles. The summed E-state index contributed by atoms with van der Waals surface area (Å²) >= 11 is 0. The van der Waals surface area contributed by atoms with Gasteiger partial charge in [-0.3, -0.25) is 4.68 Å². The molecule has 134 valence electrons. The monoisotopic (exact) mass is 338 g/mol. The van der Waals surface area contributed by atoms with Crippen LogP contribution in [0.3, 0.4) is 0 Å². The minimum Gasteiger partial charge on any atom is -0.390 e. The Morgan fingerprint density at radius 1 is 1.24 bits per heavy atom. The van der Waals surface area contributed by atoms with Crippen molar-refractivity contribution in [3.05, 3.63) is 53.3 Å². The average Bonchev–Trinajstić information content (AvgIpc) is 2.92. The number of rotatable bonds is 3. The van der Waals surface area contributed by atoms with Crippen molar-refractivity contribution in [3.63, 3.8) is 0 Å². The number of hydrogen-bond donors (Lipinski definition) is 1. The third-order valence-corrected chi connectivity index (χ3v) is 6.95. The van der Waals surface area contributed by atoms with Crippen molar-refractivity contribution in [1.29, 1.82) is 0 Å². The van der Waals surface area contributed by atoms with E-state index in [1.807, 2.05) is 0 Å². The second-order valence-electron chi connectivity index (χ2n) is 8.33. The Kier molecular flexibility index (Phi) is 4.23. The predicted octanol–water partition coefficient (Wildman–Crippen LogP) is 4.18. The second-order valence-corrected chi connectivity index (χ2v) is 8.33. The van der Waals surface area contributed by atoms with Crippen LogP contribution in [-0.4, -0.2) is 20.5 Å². The molecule has 2 aliphatic rings. The largest absolute Gasteiger partial charge is 0.390 e. The Morgan fingerprint density at radius 3 is 2.80 bits per heavy atom. The summed E-state index contributed by atoms with van der Waals surface area (Å²) in [6.45, 7) is 2.14. The average molecular weight is 338 g/mol. The van der Waals surface area contributed by atoms with Crippen LogP contribution in [0.4, 0.5) is 0 Å². The van der Waals surface area contributed by atoms with Gasteiger partial charge in [-0.25, -0.2) is 0 Å². The first-order valence-electron chi connectivity index (χ1n) is 9.84. The number of nitrogens with zero attached hydrogens (tertiary/aromatic N) is 2. The van der Waals surface area contributed by atoms with Crippen LogP contribution in [0.5, 0.6) is 0 Å². The molecule has 4 rings (SSSR count). The SMILES string of the molecule is CC[C@@]1(O)CC[C@@]2(Cc3ccccc3)c3c(cnn3C)CCC[C@H]2C1. The van der Waals surface area contributed by atoms with Gasteiger partial charge in [0, 0.05) is 18.2 Å². The lowest BCUT2D eigenvalue weighted by Gasteiger charge is -2.50. The quantitative estimate of drug-likeness (QED) is 0.912. The highest BCUT2D eigenvalue weighted by molar-refractivity contribution is 5.34. The van der Waals surface area contributed by atoms with Crippen molar-refractivity contribution >= 4 is 0 Å². The summed E-state index contributed by atoms with van der Waals surface area (Å²) in [6.07, 6.45) is 10.4. The third-order valence-electron chi connectivity index (χ3n) is 6.95. The number of aryl methyl sites for hydroxylation is 2. The lowest BCUT2D eigenvalue weighted by atomic mass is 9.57. The van der Waals surface area contributed by atoms with E-state index in [0.29, 0.717) is 5.92 Å². The molecule has 2 aliphatic carbocycles. The zero-order chi connectivity index (χ0) is 17.5. The van der Waals surface area contributed by atoms with E-state index < -0.39 is 5.60 Å². The molecule has 0 bridgehead atoms. The van der Waals surface area contributed by atoms with E-state index >= 15 is 0 Å². The molecule has 1 aromatic carbocycles. The lowest BCUT2D eigenvalue weighted by molar-refractivity contribution is -0.0513. The van der Waals surface area contributed by atoms with Gasteiger partial charge >= 0.3 is 0 Å². The van der Waals surface area contributed by atoms with Gasteiger partial charge in [0.2, 0.25) is 0 Å². The van der Waals surface area contributed by atoms with Crippen LogP contribution < -0.4 is 0 Å². The first-order valence-corrected chi connectivity index (χ1v) is 9.84. The van der Waals surface area contributed by atoms with Gasteiger partial charge in [-0.1, -0.05) is 37.3 Å². The van der Waals surface area contributed by atoms with Crippen LogP contribution in [0.1, 0.15) is 62.3 Å². The summed E-state index contributed by atoms with van der Waals surface area (Å²) in [5.41, 5.74) is 3.91. The Balaban J connectivity index is 1.82. The van der Waals surface area contributed by atoms with E-state index in [4.69, 9.17) is 0 Å². The van der Waals surface area contributed by atoms with Gasteiger partial charge in [-0.15, -0.1) is 0 Å². The minimum atomic E-state index is -0.478. The van der Waals surface area contributed by atoms with Crippen molar-refractivity contribution < 1.29 is 5.11 Å². The van der Waals surface area contributed by atoms with Gasteiger partial charge in [0.05, 0.1) is 11.8 Å². The molecule has 25 heavy (non-hydrogen) atoms. The highest BCUT2D eigenvalue weighted by atomic mass is 16.3. The molecular weight excluding hydrogens is 308 g/mol. The Hall–Kier alpha value is -1.61. The summed E-state index contributed by atoms with van der Waals surface area (Å²) < 4.78 is 2.13. The molecule has 1 N–H and O–H groups in total. The van der Waals surface area contributed by atoms with E-state index in [2.05, 4.69) is 60.3 Å². The number of hydrogen-bond acceptors (Lipinski definition) is 2.